The molecule has 100 valence electrons. The standard InChI is InChI=1S/C16H25NO/c1-12-7-8-13(2)14(11-12)15(18)16(17(3)4)9-5-6-10-16/h7-8,11,15,18H,5-6,9-10H2,1-4H3. The summed E-state index contributed by atoms with van der Waals surface area (Å²) in [6, 6.07) is 6.37. The van der Waals surface area contributed by atoms with Crippen molar-refractivity contribution in [3.8, 4) is 0 Å². The van der Waals surface area contributed by atoms with Crippen LogP contribution in [0.15, 0.2) is 18.2 Å². The summed E-state index contributed by atoms with van der Waals surface area (Å²) in [5.74, 6) is 0. The molecule has 1 saturated carbocycles. The molecule has 0 saturated heterocycles. The molecule has 1 fully saturated rings. The fraction of sp³-hybridized carbons (Fsp3) is 0.625. The van der Waals surface area contributed by atoms with E-state index in [1.165, 1.54) is 24.0 Å². The highest BCUT2D eigenvalue weighted by Crippen LogP contribution is 2.44. The predicted molar refractivity (Wildman–Crippen MR) is 75.8 cm³/mol. The molecular formula is C16H25NO. The van der Waals surface area contributed by atoms with Crippen molar-refractivity contribution in [1.29, 1.82) is 0 Å². The maximum Gasteiger partial charge on any atom is 0.0976 e. The van der Waals surface area contributed by atoms with Crippen LogP contribution in [0.5, 0.6) is 0 Å². The Bertz CT molecular complexity index is 419. The van der Waals surface area contributed by atoms with Crippen molar-refractivity contribution in [2.24, 2.45) is 0 Å². The lowest BCUT2D eigenvalue weighted by Gasteiger charge is -2.41. The summed E-state index contributed by atoms with van der Waals surface area (Å²) in [6.07, 6.45) is 4.25. The van der Waals surface area contributed by atoms with E-state index in [1.54, 1.807) is 0 Å². The Labute approximate surface area is 111 Å². The van der Waals surface area contributed by atoms with Crippen LogP contribution in [0.1, 0.15) is 48.5 Å². The van der Waals surface area contributed by atoms with Gasteiger partial charge in [0.05, 0.1) is 11.6 Å². The molecule has 1 N–H and O–H groups in total. The number of likely N-dealkylation sites (N-methyl/N-ethyl adjacent to an activating group) is 1. The molecule has 0 spiro atoms. The van der Waals surface area contributed by atoms with Crippen LogP contribution >= 0.6 is 0 Å². The Morgan fingerprint density at radius 2 is 1.78 bits per heavy atom. The molecular weight excluding hydrogens is 222 g/mol. The number of rotatable bonds is 3. The summed E-state index contributed by atoms with van der Waals surface area (Å²) < 4.78 is 0. The van der Waals surface area contributed by atoms with Gasteiger partial charge in [-0.15, -0.1) is 0 Å². The number of hydrogen-bond acceptors (Lipinski definition) is 2. The highest BCUT2D eigenvalue weighted by molar-refractivity contribution is 5.34. The predicted octanol–water partition coefficient (Wildman–Crippen LogP) is 3.21. The van der Waals surface area contributed by atoms with Gasteiger partial charge in [0.1, 0.15) is 0 Å². The molecule has 1 aromatic carbocycles. The summed E-state index contributed by atoms with van der Waals surface area (Å²) in [4.78, 5) is 2.23. The van der Waals surface area contributed by atoms with E-state index in [4.69, 9.17) is 0 Å². The summed E-state index contributed by atoms with van der Waals surface area (Å²) in [5, 5.41) is 10.9. The molecule has 0 amide bonds. The van der Waals surface area contributed by atoms with Crippen LogP contribution in [0.2, 0.25) is 0 Å². The minimum absolute atomic E-state index is 0.0709. The topological polar surface area (TPSA) is 23.5 Å². The van der Waals surface area contributed by atoms with Crippen molar-refractivity contribution in [3.63, 3.8) is 0 Å². The Hall–Kier alpha value is -0.860. The van der Waals surface area contributed by atoms with Crippen LogP contribution in [0.4, 0.5) is 0 Å². The summed E-state index contributed by atoms with van der Waals surface area (Å²) in [5.41, 5.74) is 3.45. The van der Waals surface area contributed by atoms with Crippen LogP contribution in [0.3, 0.4) is 0 Å². The lowest BCUT2D eigenvalue weighted by molar-refractivity contribution is -0.00512. The Kier molecular flexibility index (Phi) is 3.79. The van der Waals surface area contributed by atoms with Gasteiger partial charge < -0.3 is 10.0 Å². The second-order valence-corrected chi connectivity index (χ2v) is 5.97. The number of aryl methyl sites for hydroxylation is 2. The molecule has 1 aliphatic carbocycles. The van der Waals surface area contributed by atoms with E-state index in [0.717, 1.165) is 18.4 Å². The van der Waals surface area contributed by atoms with Crippen molar-refractivity contribution in [2.45, 2.75) is 51.2 Å². The number of benzene rings is 1. The van der Waals surface area contributed by atoms with Crippen LogP contribution in [0.25, 0.3) is 0 Å². The van der Waals surface area contributed by atoms with Crippen LogP contribution in [-0.2, 0) is 0 Å². The minimum atomic E-state index is -0.380. The molecule has 1 atom stereocenters. The number of aliphatic hydroxyl groups excluding tert-OH is 1. The monoisotopic (exact) mass is 247 g/mol. The van der Waals surface area contributed by atoms with Gasteiger partial charge in [-0.3, -0.25) is 0 Å². The third-order valence-corrected chi connectivity index (χ3v) is 4.60. The average Bonchev–Trinajstić information content (AvgIpc) is 2.82. The third kappa shape index (κ3) is 2.19. The third-order valence-electron chi connectivity index (χ3n) is 4.60. The van der Waals surface area contributed by atoms with E-state index >= 15 is 0 Å². The number of aliphatic hydroxyl groups is 1. The fourth-order valence-electron chi connectivity index (χ4n) is 3.30. The molecule has 2 nitrogen and oxygen atoms in total. The largest absolute Gasteiger partial charge is 0.386 e. The van der Waals surface area contributed by atoms with Gasteiger partial charge >= 0.3 is 0 Å². The van der Waals surface area contributed by atoms with Crippen molar-refractivity contribution in [3.05, 3.63) is 34.9 Å². The van der Waals surface area contributed by atoms with E-state index in [9.17, 15) is 5.11 Å². The Morgan fingerprint density at radius 3 is 2.33 bits per heavy atom. The smallest absolute Gasteiger partial charge is 0.0976 e. The zero-order valence-corrected chi connectivity index (χ0v) is 12.0. The zero-order valence-electron chi connectivity index (χ0n) is 12.0. The van der Waals surface area contributed by atoms with Gasteiger partial charge in [-0.05, 0) is 51.9 Å². The average molecular weight is 247 g/mol. The van der Waals surface area contributed by atoms with Crippen molar-refractivity contribution < 1.29 is 5.11 Å². The number of hydrogen-bond donors (Lipinski definition) is 1. The van der Waals surface area contributed by atoms with Gasteiger partial charge in [-0.2, -0.15) is 0 Å². The molecule has 2 heteroatoms. The van der Waals surface area contributed by atoms with Gasteiger partial charge in [0.15, 0.2) is 0 Å². The fourth-order valence-corrected chi connectivity index (χ4v) is 3.30. The van der Waals surface area contributed by atoms with Crippen molar-refractivity contribution in [2.75, 3.05) is 14.1 Å². The normalized spacial score (nSPS) is 20.3. The molecule has 0 bridgehead atoms. The van der Waals surface area contributed by atoms with E-state index in [-0.39, 0.29) is 11.6 Å². The highest BCUT2D eigenvalue weighted by Gasteiger charge is 2.43. The molecule has 0 radical (unpaired) electrons. The summed E-state index contributed by atoms with van der Waals surface area (Å²) in [7, 11) is 4.19. The molecule has 0 heterocycles. The second kappa shape index (κ2) is 5.02. The first-order chi connectivity index (χ1) is 8.47. The maximum atomic E-state index is 10.9. The molecule has 2 rings (SSSR count). The van der Waals surface area contributed by atoms with Crippen molar-refractivity contribution >= 4 is 0 Å². The quantitative estimate of drug-likeness (QED) is 0.886. The lowest BCUT2D eigenvalue weighted by Crippen LogP contribution is -2.47. The van der Waals surface area contributed by atoms with Gasteiger partial charge in [0, 0.05) is 0 Å². The highest BCUT2D eigenvalue weighted by atomic mass is 16.3. The van der Waals surface area contributed by atoms with Crippen LogP contribution in [0, 0.1) is 13.8 Å². The van der Waals surface area contributed by atoms with E-state index in [1.807, 2.05) is 0 Å². The van der Waals surface area contributed by atoms with Gasteiger partial charge in [0.2, 0.25) is 0 Å². The molecule has 18 heavy (non-hydrogen) atoms. The van der Waals surface area contributed by atoms with Crippen molar-refractivity contribution in [1.82, 2.24) is 4.90 Å². The Balaban J connectivity index is 2.39. The number of nitrogens with zero attached hydrogens (tertiary/aromatic N) is 1. The van der Waals surface area contributed by atoms with E-state index in [2.05, 4.69) is 51.0 Å². The molecule has 0 aliphatic heterocycles. The minimum Gasteiger partial charge on any atom is -0.386 e. The first-order valence-corrected chi connectivity index (χ1v) is 6.90. The van der Waals surface area contributed by atoms with Gasteiger partial charge in [-0.1, -0.05) is 36.6 Å². The molecule has 0 aromatic heterocycles. The zero-order chi connectivity index (χ0) is 13.3. The van der Waals surface area contributed by atoms with Crippen LogP contribution in [-0.4, -0.2) is 29.6 Å². The second-order valence-electron chi connectivity index (χ2n) is 5.97. The molecule has 1 unspecified atom stereocenters. The van der Waals surface area contributed by atoms with Gasteiger partial charge in [0.25, 0.3) is 0 Å². The summed E-state index contributed by atoms with van der Waals surface area (Å²) in [6.45, 7) is 4.18. The van der Waals surface area contributed by atoms with E-state index in [0.29, 0.717) is 0 Å². The van der Waals surface area contributed by atoms with Crippen LogP contribution < -0.4 is 0 Å². The SMILES string of the molecule is Cc1ccc(C)c(C(O)C2(N(C)C)CCCC2)c1. The first kappa shape index (κ1) is 13.6. The first-order valence-electron chi connectivity index (χ1n) is 6.90. The summed E-state index contributed by atoms with van der Waals surface area (Å²) >= 11 is 0. The van der Waals surface area contributed by atoms with E-state index < -0.39 is 0 Å². The lowest BCUT2D eigenvalue weighted by atomic mass is 9.83. The Morgan fingerprint density at radius 1 is 1.17 bits per heavy atom. The molecule has 1 aromatic rings. The van der Waals surface area contributed by atoms with Gasteiger partial charge in [-0.25, -0.2) is 0 Å². The molecule has 1 aliphatic rings. The maximum absolute atomic E-state index is 10.9.